The second kappa shape index (κ2) is 5.56. The van der Waals surface area contributed by atoms with E-state index in [4.69, 9.17) is 0 Å². The third-order valence-corrected chi connectivity index (χ3v) is 3.87. The number of carbonyl (C=O) groups is 2. The highest BCUT2D eigenvalue weighted by Crippen LogP contribution is 2.39. The van der Waals surface area contributed by atoms with E-state index in [2.05, 4.69) is 5.32 Å². The fourth-order valence-electron chi connectivity index (χ4n) is 2.97. The van der Waals surface area contributed by atoms with E-state index in [-0.39, 0.29) is 11.4 Å². The molecule has 1 aliphatic heterocycles. The topological polar surface area (TPSA) is 66.4 Å². The number of Topliss-reactive ketones (excluding diaryl/α,β-unsaturated/α-hetero) is 1. The predicted octanol–water partition coefficient (Wildman–Crippen LogP) is 2.90. The smallest absolute Gasteiger partial charge is 0.334 e. The molecule has 0 saturated carbocycles. The molecule has 0 radical (unpaired) electrons. The van der Waals surface area contributed by atoms with Crippen LogP contribution in [0.25, 0.3) is 0 Å². The van der Waals surface area contributed by atoms with Crippen LogP contribution in [0.15, 0.2) is 46.8 Å². The summed E-state index contributed by atoms with van der Waals surface area (Å²) >= 11 is 0. The van der Waals surface area contributed by atoms with Crippen LogP contribution < -0.4 is 5.32 Å². The highest BCUT2D eigenvalue weighted by molar-refractivity contribution is 6.01. The Hall–Kier alpha value is -2.36. The van der Waals surface area contributed by atoms with Gasteiger partial charge in [0.1, 0.15) is 0 Å². The van der Waals surface area contributed by atoms with Gasteiger partial charge in [0.05, 0.1) is 5.57 Å². The number of carboxylic acids is 1. The predicted molar refractivity (Wildman–Crippen MR) is 80.8 cm³/mol. The fourth-order valence-corrected chi connectivity index (χ4v) is 2.97. The summed E-state index contributed by atoms with van der Waals surface area (Å²) in [5, 5.41) is 12.6. The molecule has 1 unspecified atom stereocenters. The van der Waals surface area contributed by atoms with Crippen molar-refractivity contribution in [1.29, 1.82) is 0 Å². The number of nitrogens with one attached hydrogen (secondary N) is 1. The number of hydrogen-bond donors (Lipinski definition) is 2. The van der Waals surface area contributed by atoms with Crippen molar-refractivity contribution in [3.8, 4) is 0 Å². The summed E-state index contributed by atoms with van der Waals surface area (Å²) in [4.78, 5) is 23.8. The van der Waals surface area contributed by atoms with E-state index >= 15 is 0 Å². The summed E-state index contributed by atoms with van der Waals surface area (Å²) in [6.45, 7) is 6.95. The first kappa shape index (κ1) is 15.0. The van der Waals surface area contributed by atoms with Crippen molar-refractivity contribution >= 4 is 11.8 Å². The van der Waals surface area contributed by atoms with Gasteiger partial charge in [-0.2, -0.15) is 0 Å². The Balaban J connectivity index is 2.74. The zero-order valence-electron chi connectivity index (χ0n) is 12.7. The van der Waals surface area contributed by atoms with E-state index in [1.54, 1.807) is 6.92 Å². The van der Waals surface area contributed by atoms with Crippen molar-refractivity contribution in [2.45, 2.75) is 33.6 Å². The van der Waals surface area contributed by atoms with Gasteiger partial charge in [-0.1, -0.05) is 24.3 Å². The van der Waals surface area contributed by atoms with Gasteiger partial charge in [-0.25, -0.2) is 4.79 Å². The van der Waals surface area contributed by atoms with E-state index in [1.807, 2.05) is 38.1 Å². The first-order valence-electron chi connectivity index (χ1n) is 6.83. The molecular weight excluding hydrogens is 266 g/mol. The van der Waals surface area contributed by atoms with Gasteiger partial charge in [0.15, 0.2) is 5.78 Å². The molecule has 1 aromatic carbocycles. The molecule has 1 aliphatic rings. The number of rotatable bonds is 3. The quantitative estimate of drug-likeness (QED) is 0.896. The highest BCUT2D eigenvalue weighted by atomic mass is 16.4. The van der Waals surface area contributed by atoms with E-state index in [0.29, 0.717) is 11.3 Å². The molecule has 0 spiro atoms. The third kappa shape index (κ3) is 2.61. The molecule has 1 atom stereocenters. The molecule has 0 aliphatic carbocycles. The van der Waals surface area contributed by atoms with Crippen LogP contribution in [0.1, 0.15) is 37.8 Å². The molecule has 4 heteroatoms. The number of aliphatic carboxylic acids is 1. The first-order valence-corrected chi connectivity index (χ1v) is 6.83. The second-order valence-electron chi connectivity index (χ2n) is 5.35. The molecular formula is C17H19NO3. The van der Waals surface area contributed by atoms with E-state index in [1.165, 1.54) is 6.92 Å². The van der Waals surface area contributed by atoms with E-state index in [9.17, 15) is 14.7 Å². The monoisotopic (exact) mass is 285 g/mol. The maximum atomic E-state index is 12.1. The van der Waals surface area contributed by atoms with Crippen molar-refractivity contribution in [1.82, 2.24) is 5.32 Å². The molecule has 0 amide bonds. The zero-order valence-corrected chi connectivity index (χ0v) is 12.7. The van der Waals surface area contributed by atoms with Crippen LogP contribution in [0.2, 0.25) is 0 Å². The molecule has 1 aromatic rings. The number of dihydropyridines is 1. The van der Waals surface area contributed by atoms with Crippen LogP contribution in [0, 0.1) is 6.92 Å². The van der Waals surface area contributed by atoms with Gasteiger partial charge in [0.25, 0.3) is 0 Å². The SMILES string of the molecule is CC(=O)C1=C(C)NC(C)=C(C(=O)O)C1c1ccccc1C. The summed E-state index contributed by atoms with van der Waals surface area (Å²) in [5.41, 5.74) is 3.90. The van der Waals surface area contributed by atoms with Crippen molar-refractivity contribution in [2.24, 2.45) is 0 Å². The third-order valence-electron chi connectivity index (χ3n) is 3.87. The van der Waals surface area contributed by atoms with Gasteiger partial charge in [0, 0.05) is 22.9 Å². The molecule has 2 N–H and O–H groups in total. The van der Waals surface area contributed by atoms with Gasteiger partial charge < -0.3 is 10.4 Å². The molecule has 1 heterocycles. The Morgan fingerprint density at radius 3 is 2.14 bits per heavy atom. The van der Waals surface area contributed by atoms with Crippen LogP contribution in [0.4, 0.5) is 0 Å². The standard InChI is InChI=1S/C17H19NO3/c1-9-7-5-6-8-13(9)16-14(12(4)19)10(2)18-11(3)15(16)17(20)21/h5-8,16,18H,1-4H3,(H,20,21). The largest absolute Gasteiger partial charge is 0.478 e. The summed E-state index contributed by atoms with van der Waals surface area (Å²) < 4.78 is 0. The zero-order chi connectivity index (χ0) is 15.7. The lowest BCUT2D eigenvalue weighted by atomic mass is 9.77. The lowest BCUT2D eigenvalue weighted by Crippen LogP contribution is -2.30. The lowest BCUT2D eigenvalue weighted by Gasteiger charge is -2.30. The Labute approximate surface area is 124 Å². The maximum absolute atomic E-state index is 12.1. The van der Waals surface area contributed by atoms with Crippen LogP contribution in [-0.2, 0) is 9.59 Å². The number of ketones is 1. The number of carboxylic acid groups (broad SMARTS) is 1. The van der Waals surface area contributed by atoms with E-state index in [0.717, 1.165) is 16.8 Å². The Morgan fingerprint density at radius 2 is 1.62 bits per heavy atom. The summed E-state index contributed by atoms with van der Waals surface area (Å²) in [5.74, 6) is -1.64. The van der Waals surface area contributed by atoms with E-state index < -0.39 is 11.9 Å². The fraction of sp³-hybridized carbons (Fsp3) is 0.294. The minimum atomic E-state index is -1.00. The number of hydrogen-bond acceptors (Lipinski definition) is 3. The van der Waals surface area contributed by atoms with Gasteiger partial charge in [0.2, 0.25) is 0 Å². The minimum absolute atomic E-state index is 0.112. The van der Waals surface area contributed by atoms with Gasteiger partial charge in [-0.15, -0.1) is 0 Å². The molecule has 0 aromatic heterocycles. The Morgan fingerprint density at radius 1 is 1.05 bits per heavy atom. The molecule has 21 heavy (non-hydrogen) atoms. The Bertz CT molecular complexity index is 647. The molecule has 4 nitrogen and oxygen atoms in total. The van der Waals surface area contributed by atoms with Crippen molar-refractivity contribution in [3.05, 3.63) is 57.9 Å². The average molecular weight is 285 g/mol. The normalized spacial score (nSPS) is 18.6. The number of benzene rings is 1. The highest BCUT2D eigenvalue weighted by Gasteiger charge is 2.35. The number of carbonyl (C=O) groups excluding carboxylic acids is 1. The van der Waals surface area contributed by atoms with Crippen LogP contribution in [0.5, 0.6) is 0 Å². The van der Waals surface area contributed by atoms with Crippen molar-refractivity contribution < 1.29 is 14.7 Å². The molecule has 0 bridgehead atoms. The summed E-state index contributed by atoms with van der Waals surface area (Å²) in [6.07, 6.45) is 0. The first-order chi connectivity index (χ1) is 9.84. The second-order valence-corrected chi connectivity index (χ2v) is 5.35. The number of allylic oxidation sites excluding steroid dienone is 3. The molecule has 110 valence electrons. The molecule has 0 fully saturated rings. The Kier molecular flexibility index (Phi) is 3.98. The lowest BCUT2D eigenvalue weighted by molar-refractivity contribution is -0.133. The molecule has 0 saturated heterocycles. The minimum Gasteiger partial charge on any atom is -0.478 e. The van der Waals surface area contributed by atoms with Crippen LogP contribution in [0.3, 0.4) is 0 Å². The molecule has 2 rings (SSSR count). The van der Waals surface area contributed by atoms with Crippen LogP contribution >= 0.6 is 0 Å². The van der Waals surface area contributed by atoms with Gasteiger partial charge >= 0.3 is 5.97 Å². The van der Waals surface area contributed by atoms with Crippen molar-refractivity contribution in [3.63, 3.8) is 0 Å². The summed E-state index contributed by atoms with van der Waals surface area (Å²) in [6, 6.07) is 7.59. The van der Waals surface area contributed by atoms with Gasteiger partial charge in [-0.05, 0) is 38.8 Å². The maximum Gasteiger partial charge on any atom is 0.334 e. The van der Waals surface area contributed by atoms with Crippen molar-refractivity contribution in [2.75, 3.05) is 0 Å². The van der Waals surface area contributed by atoms with Crippen LogP contribution in [-0.4, -0.2) is 16.9 Å². The number of aryl methyl sites for hydroxylation is 1. The summed E-state index contributed by atoms with van der Waals surface area (Å²) in [7, 11) is 0. The van der Waals surface area contributed by atoms with Gasteiger partial charge in [-0.3, -0.25) is 4.79 Å². The average Bonchev–Trinajstić information content (AvgIpc) is 2.37.